The normalized spacial score (nSPS) is 12.0. The summed E-state index contributed by atoms with van der Waals surface area (Å²) in [5, 5.41) is 7.93. The van der Waals surface area contributed by atoms with Crippen molar-refractivity contribution in [3.8, 4) is 22.5 Å². The number of nitrogens with zero attached hydrogens (tertiary/aromatic N) is 2. The molecule has 246 valence electrons. The van der Waals surface area contributed by atoms with Crippen LogP contribution in [-0.2, 0) is 38.3 Å². The van der Waals surface area contributed by atoms with Crippen LogP contribution in [0, 0.1) is 0 Å². The molecule has 0 saturated carbocycles. The number of hydrogen-bond acceptors (Lipinski definition) is 0. The lowest BCUT2D eigenvalue weighted by Gasteiger charge is -2.21. The summed E-state index contributed by atoms with van der Waals surface area (Å²) in [4.78, 5) is 0. The third-order valence-electron chi connectivity index (χ3n) is 10.5. The van der Waals surface area contributed by atoms with Gasteiger partial charge in [-0.2, -0.15) is 4.57 Å². The lowest BCUT2D eigenvalue weighted by molar-refractivity contribution is -0.685. The summed E-state index contributed by atoms with van der Waals surface area (Å²) in [6.45, 7) is 12.4. The monoisotopic (exact) mass is 642 g/mol. The highest BCUT2D eigenvalue weighted by atomic mass is 15.0. The first-order chi connectivity index (χ1) is 23.8. The van der Waals surface area contributed by atoms with Crippen molar-refractivity contribution in [3.05, 3.63) is 144 Å². The molecule has 0 bridgehead atoms. The molecule has 49 heavy (non-hydrogen) atoms. The van der Waals surface area contributed by atoms with Gasteiger partial charge in [-0.1, -0.05) is 108 Å². The lowest BCUT2D eigenvalue weighted by Crippen LogP contribution is -2.37. The SMILES string of the molecule is CCCCc1ccc2c(ccc3c4cc[n+](C)c(-c5ccc(C(C)(C)C)cc5CC[n+]5ccccc5-c5ccccc5CC)c4ccc23)c1. The summed E-state index contributed by atoms with van der Waals surface area (Å²) in [6, 6.07) is 41.4. The van der Waals surface area contributed by atoms with Crippen LogP contribution in [-0.4, -0.2) is 0 Å². The van der Waals surface area contributed by atoms with Gasteiger partial charge < -0.3 is 0 Å². The maximum absolute atomic E-state index is 2.47. The maximum Gasteiger partial charge on any atom is 0.220 e. The van der Waals surface area contributed by atoms with Crippen molar-refractivity contribution in [2.75, 3.05) is 0 Å². The molecular weight excluding hydrogens is 593 g/mol. The van der Waals surface area contributed by atoms with Crippen LogP contribution < -0.4 is 9.13 Å². The van der Waals surface area contributed by atoms with Crippen LogP contribution in [0.15, 0.2) is 122 Å². The first-order valence-corrected chi connectivity index (χ1v) is 18.2. The number of pyridine rings is 2. The van der Waals surface area contributed by atoms with Gasteiger partial charge in [-0.3, -0.25) is 0 Å². The summed E-state index contributed by atoms with van der Waals surface area (Å²) >= 11 is 0. The number of aryl methyl sites for hydroxylation is 5. The van der Waals surface area contributed by atoms with E-state index in [1.165, 1.54) is 89.9 Å². The van der Waals surface area contributed by atoms with Crippen molar-refractivity contribution >= 4 is 32.3 Å². The highest BCUT2D eigenvalue weighted by molar-refractivity contribution is 6.18. The smallest absolute Gasteiger partial charge is 0.200 e. The molecule has 2 heteroatoms. The van der Waals surface area contributed by atoms with Crippen molar-refractivity contribution < 1.29 is 9.13 Å². The quantitative estimate of drug-likeness (QED) is 0.109. The van der Waals surface area contributed by atoms with Gasteiger partial charge in [0, 0.05) is 35.6 Å². The van der Waals surface area contributed by atoms with Crippen LogP contribution in [0.3, 0.4) is 0 Å². The van der Waals surface area contributed by atoms with Crippen molar-refractivity contribution in [2.24, 2.45) is 7.05 Å². The van der Waals surface area contributed by atoms with E-state index in [0.29, 0.717) is 0 Å². The average molecular weight is 643 g/mol. The molecular formula is C47H50N2+2. The summed E-state index contributed by atoms with van der Waals surface area (Å²) in [5.74, 6) is 0. The van der Waals surface area contributed by atoms with Crippen LogP contribution in [0.1, 0.15) is 69.7 Å². The fourth-order valence-electron chi connectivity index (χ4n) is 7.66. The highest BCUT2D eigenvalue weighted by Crippen LogP contribution is 2.37. The van der Waals surface area contributed by atoms with E-state index in [0.717, 1.165) is 25.8 Å². The van der Waals surface area contributed by atoms with Crippen LogP contribution in [0.25, 0.3) is 54.8 Å². The highest BCUT2D eigenvalue weighted by Gasteiger charge is 2.24. The van der Waals surface area contributed by atoms with Gasteiger partial charge in [0.1, 0.15) is 7.05 Å². The minimum Gasteiger partial charge on any atom is -0.200 e. The van der Waals surface area contributed by atoms with E-state index in [2.05, 4.69) is 172 Å². The first-order valence-electron chi connectivity index (χ1n) is 18.2. The Bertz CT molecular complexity index is 2300. The molecule has 0 amide bonds. The van der Waals surface area contributed by atoms with E-state index in [4.69, 9.17) is 0 Å². The minimum absolute atomic E-state index is 0.0625. The Morgan fingerprint density at radius 1 is 0.592 bits per heavy atom. The zero-order valence-electron chi connectivity index (χ0n) is 30.2. The van der Waals surface area contributed by atoms with Crippen LogP contribution in [0.4, 0.5) is 0 Å². The van der Waals surface area contributed by atoms with Gasteiger partial charge in [0.25, 0.3) is 0 Å². The number of aromatic nitrogens is 2. The Kier molecular flexibility index (Phi) is 9.07. The molecule has 0 fully saturated rings. The lowest BCUT2D eigenvalue weighted by atomic mass is 9.83. The van der Waals surface area contributed by atoms with Gasteiger partial charge in [0.2, 0.25) is 11.4 Å². The number of benzene rings is 5. The number of hydrogen-bond donors (Lipinski definition) is 0. The predicted octanol–water partition coefficient (Wildman–Crippen LogP) is 11.0. The minimum atomic E-state index is 0.0625. The van der Waals surface area contributed by atoms with Crippen LogP contribution in [0.5, 0.6) is 0 Å². The average Bonchev–Trinajstić information content (AvgIpc) is 3.12. The molecule has 0 atom stereocenters. The number of rotatable bonds is 9. The maximum atomic E-state index is 2.47. The van der Waals surface area contributed by atoms with E-state index >= 15 is 0 Å². The molecule has 0 radical (unpaired) electrons. The van der Waals surface area contributed by atoms with E-state index in [-0.39, 0.29) is 5.41 Å². The topological polar surface area (TPSA) is 7.76 Å². The molecule has 7 rings (SSSR count). The second kappa shape index (κ2) is 13.6. The Hall–Kier alpha value is -4.82. The van der Waals surface area contributed by atoms with Crippen molar-refractivity contribution in [1.29, 1.82) is 0 Å². The van der Waals surface area contributed by atoms with Crippen molar-refractivity contribution in [2.45, 2.75) is 78.7 Å². The first kappa shape index (κ1) is 32.7. The summed E-state index contributed by atoms with van der Waals surface area (Å²) in [5.41, 5.74) is 10.8. The van der Waals surface area contributed by atoms with Gasteiger partial charge in [-0.25, -0.2) is 4.57 Å². The molecule has 2 aromatic heterocycles. The van der Waals surface area contributed by atoms with E-state index in [9.17, 15) is 0 Å². The third kappa shape index (κ3) is 6.37. The zero-order chi connectivity index (χ0) is 34.1. The summed E-state index contributed by atoms with van der Waals surface area (Å²) < 4.78 is 4.76. The Balaban J connectivity index is 1.35. The van der Waals surface area contributed by atoms with E-state index in [1.807, 2.05) is 0 Å². The molecule has 0 saturated heterocycles. The van der Waals surface area contributed by atoms with Gasteiger partial charge in [0.15, 0.2) is 18.9 Å². The molecule has 0 aliphatic rings. The Morgan fingerprint density at radius 2 is 1.33 bits per heavy atom. The molecule has 0 unspecified atom stereocenters. The second-order valence-electron chi connectivity index (χ2n) is 14.8. The summed E-state index contributed by atoms with van der Waals surface area (Å²) in [7, 11) is 2.20. The van der Waals surface area contributed by atoms with Crippen LogP contribution >= 0.6 is 0 Å². The molecule has 7 aromatic rings. The zero-order valence-corrected chi connectivity index (χ0v) is 30.2. The molecule has 0 spiro atoms. The third-order valence-corrected chi connectivity index (χ3v) is 10.5. The van der Waals surface area contributed by atoms with Gasteiger partial charge in [0.05, 0.1) is 10.9 Å². The second-order valence-corrected chi connectivity index (χ2v) is 14.8. The van der Waals surface area contributed by atoms with E-state index < -0.39 is 0 Å². The fourth-order valence-corrected chi connectivity index (χ4v) is 7.66. The van der Waals surface area contributed by atoms with Gasteiger partial charge in [-0.15, -0.1) is 0 Å². The molecule has 0 aliphatic heterocycles. The molecule has 0 N–H and O–H groups in total. The van der Waals surface area contributed by atoms with Gasteiger partial charge >= 0.3 is 0 Å². The van der Waals surface area contributed by atoms with E-state index in [1.54, 1.807) is 0 Å². The van der Waals surface area contributed by atoms with Crippen molar-refractivity contribution in [3.63, 3.8) is 0 Å². The Morgan fingerprint density at radius 3 is 2.14 bits per heavy atom. The predicted molar refractivity (Wildman–Crippen MR) is 208 cm³/mol. The molecule has 2 nitrogen and oxygen atoms in total. The summed E-state index contributed by atoms with van der Waals surface area (Å²) in [6.07, 6.45) is 10.1. The molecule has 5 aromatic carbocycles. The van der Waals surface area contributed by atoms with Gasteiger partial charge in [-0.05, 0) is 92.7 Å². The fraction of sp³-hybridized carbons (Fsp3) is 0.277. The largest absolute Gasteiger partial charge is 0.220 e. The van der Waals surface area contributed by atoms with Crippen LogP contribution in [0.2, 0.25) is 0 Å². The number of unbranched alkanes of at least 4 members (excludes halogenated alkanes) is 1. The van der Waals surface area contributed by atoms with Crippen molar-refractivity contribution in [1.82, 2.24) is 0 Å². The standard InChI is InChI=1S/C47H50N2/c1-7-9-14-33-18-21-38-35(31-33)19-22-42-41(38)24-25-44-43(42)27-29-48(6)46(44)40-23-20-37(47(3,4)5)32-36(40)26-30-49-28-13-12-17-45(49)39-16-11-10-15-34(39)8-2/h10-13,15-25,27-29,31-32H,7-9,14,26,30H2,1-6H3/q+2. The molecule has 0 aliphatic carbocycles. The number of fused-ring (bicyclic) bond motifs is 5. The molecule has 2 heterocycles. The Labute approximate surface area is 292 Å².